The van der Waals surface area contributed by atoms with E-state index in [1.54, 1.807) is 24.3 Å². The van der Waals surface area contributed by atoms with Crippen molar-refractivity contribution in [1.29, 1.82) is 0 Å². The lowest BCUT2D eigenvalue weighted by Gasteiger charge is -2.08. The van der Waals surface area contributed by atoms with Gasteiger partial charge in [-0.2, -0.15) is 0 Å². The molecule has 3 aromatic rings. The zero-order valence-electron chi connectivity index (χ0n) is 11.6. The lowest BCUT2D eigenvalue weighted by molar-refractivity contribution is -0.116. The van der Waals surface area contributed by atoms with Crippen molar-refractivity contribution in [2.75, 3.05) is 5.32 Å². The molecule has 22 heavy (non-hydrogen) atoms. The first-order valence-corrected chi connectivity index (χ1v) is 6.63. The number of anilines is 1. The quantitative estimate of drug-likeness (QED) is 0.779. The molecule has 0 aliphatic rings. The Balaban J connectivity index is 1.58. The normalized spacial score (nSPS) is 10.2. The van der Waals surface area contributed by atoms with Gasteiger partial charge in [0.05, 0.1) is 0 Å². The highest BCUT2D eigenvalue weighted by molar-refractivity contribution is 5.90. The van der Waals surface area contributed by atoms with Gasteiger partial charge < -0.3 is 10.1 Å². The van der Waals surface area contributed by atoms with Crippen molar-refractivity contribution in [1.82, 2.24) is 20.2 Å². The molecule has 1 heterocycles. The van der Waals surface area contributed by atoms with Crippen LogP contribution in [0.3, 0.4) is 0 Å². The number of tetrazole rings is 1. The summed E-state index contributed by atoms with van der Waals surface area (Å²) in [4.78, 5) is 11.8. The molecule has 2 aromatic carbocycles. The Hall–Kier alpha value is -3.22. The summed E-state index contributed by atoms with van der Waals surface area (Å²) in [5.41, 5.74) is 0.679. The molecule has 0 atom stereocenters. The maximum atomic E-state index is 11.8. The van der Waals surface area contributed by atoms with Crippen molar-refractivity contribution in [2.45, 2.75) is 6.54 Å². The van der Waals surface area contributed by atoms with Crippen molar-refractivity contribution in [3.63, 3.8) is 0 Å². The molecule has 1 aromatic heterocycles. The molecular weight excluding hydrogens is 282 g/mol. The zero-order valence-corrected chi connectivity index (χ0v) is 11.6. The van der Waals surface area contributed by atoms with E-state index in [0.29, 0.717) is 11.4 Å². The number of rotatable bonds is 5. The number of nitrogens with zero attached hydrogens (tertiary/aromatic N) is 4. The fourth-order valence-corrected chi connectivity index (χ4v) is 1.83. The molecule has 0 aliphatic heterocycles. The standard InChI is InChI=1S/C15H13N5O2/c21-15(10-20-11-16-18-19-20)17-12-6-8-14(9-7-12)22-13-4-2-1-3-5-13/h1-9,11H,10H2,(H,17,21). The maximum Gasteiger partial charge on any atom is 0.246 e. The second-order valence-corrected chi connectivity index (χ2v) is 4.50. The van der Waals surface area contributed by atoms with Gasteiger partial charge >= 0.3 is 0 Å². The Labute approximate surface area is 126 Å². The highest BCUT2D eigenvalue weighted by Crippen LogP contribution is 2.22. The molecule has 0 aliphatic carbocycles. The summed E-state index contributed by atoms with van der Waals surface area (Å²) in [5.74, 6) is 1.26. The van der Waals surface area contributed by atoms with Crippen LogP contribution in [0.25, 0.3) is 0 Å². The third-order valence-electron chi connectivity index (χ3n) is 2.81. The van der Waals surface area contributed by atoms with E-state index >= 15 is 0 Å². The minimum Gasteiger partial charge on any atom is -0.457 e. The number of hydrogen-bond acceptors (Lipinski definition) is 5. The molecular formula is C15H13N5O2. The Kier molecular flexibility index (Phi) is 4.05. The van der Waals surface area contributed by atoms with Crippen LogP contribution in [0.5, 0.6) is 11.5 Å². The van der Waals surface area contributed by atoms with Crippen LogP contribution in [0.2, 0.25) is 0 Å². The van der Waals surface area contributed by atoms with Crippen molar-refractivity contribution in [3.05, 3.63) is 60.9 Å². The van der Waals surface area contributed by atoms with E-state index in [2.05, 4.69) is 20.8 Å². The molecule has 7 heteroatoms. The topological polar surface area (TPSA) is 81.9 Å². The van der Waals surface area contributed by atoms with Crippen LogP contribution in [0, 0.1) is 0 Å². The predicted molar refractivity (Wildman–Crippen MR) is 79.4 cm³/mol. The number of hydrogen-bond donors (Lipinski definition) is 1. The number of amides is 1. The van der Waals surface area contributed by atoms with Gasteiger partial charge in [0.1, 0.15) is 24.4 Å². The monoisotopic (exact) mass is 295 g/mol. The molecule has 1 amide bonds. The molecule has 0 radical (unpaired) electrons. The lowest BCUT2D eigenvalue weighted by atomic mass is 10.3. The van der Waals surface area contributed by atoms with E-state index < -0.39 is 0 Å². The van der Waals surface area contributed by atoms with Gasteiger partial charge in [-0.1, -0.05) is 18.2 Å². The molecule has 0 saturated heterocycles. The van der Waals surface area contributed by atoms with Gasteiger partial charge in [0, 0.05) is 5.69 Å². The number of nitrogens with one attached hydrogen (secondary N) is 1. The fraction of sp³-hybridized carbons (Fsp3) is 0.0667. The first-order valence-electron chi connectivity index (χ1n) is 6.63. The molecule has 1 N–H and O–H groups in total. The summed E-state index contributed by atoms with van der Waals surface area (Å²) in [5, 5.41) is 13.3. The summed E-state index contributed by atoms with van der Waals surface area (Å²) in [6.45, 7) is 0.0647. The SMILES string of the molecule is O=C(Cn1cnnn1)Nc1ccc(Oc2ccccc2)cc1. The molecule has 0 spiro atoms. The third kappa shape index (κ3) is 3.66. The number of carbonyl (C=O) groups is 1. The van der Waals surface area contributed by atoms with Gasteiger partial charge in [0.25, 0.3) is 0 Å². The van der Waals surface area contributed by atoms with E-state index in [0.717, 1.165) is 5.75 Å². The molecule has 0 unspecified atom stereocenters. The lowest BCUT2D eigenvalue weighted by Crippen LogP contribution is -2.19. The number of benzene rings is 2. The van der Waals surface area contributed by atoms with Crippen LogP contribution >= 0.6 is 0 Å². The summed E-state index contributed by atoms with van der Waals surface area (Å²) < 4.78 is 7.03. The van der Waals surface area contributed by atoms with Crippen LogP contribution in [0.4, 0.5) is 5.69 Å². The third-order valence-corrected chi connectivity index (χ3v) is 2.81. The fourth-order valence-electron chi connectivity index (χ4n) is 1.83. The highest BCUT2D eigenvalue weighted by Gasteiger charge is 2.05. The van der Waals surface area contributed by atoms with Gasteiger partial charge in [-0.05, 0) is 46.8 Å². The van der Waals surface area contributed by atoms with Gasteiger partial charge in [0.2, 0.25) is 5.91 Å². The van der Waals surface area contributed by atoms with Crippen LogP contribution in [0.15, 0.2) is 60.9 Å². The number of ether oxygens (including phenoxy) is 1. The number of aromatic nitrogens is 4. The molecule has 3 rings (SSSR count). The Morgan fingerprint density at radius 1 is 1.05 bits per heavy atom. The number of para-hydroxylation sites is 1. The average molecular weight is 295 g/mol. The van der Waals surface area contributed by atoms with Crippen LogP contribution in [-0.2, 0) is 11.3 Å². The summed E-state index contributed by atoms with van der Waals surface area (Å²) >= 11 is 0. The van der Waals surface area contributed by atoms with Gasteiger partial charge in [0.15, 0.2) is 0 Å². The number of carbonyl (C=O) groups excluding carboxylic acids is 1. The molecule has 7 nitrogen and oxygen atoms in total. The van der Waals surface area contributed by atoms with Crippen LogP contribution in [0.1, 0.15) is 0 Å². The second-order valence-electron chi connectivity index (χ2n) is 4.50. The maximum absolute atomic E-state index is 11.8. The van der Waals surface area contributed by atoms with Crippen molar-refractivity contribution in [2.24, 2.45) is 0 Å². The van der Waals surface area contributed by atoms with E-state index in [1.807, 2.05) is 30.3 Å². The van der Waals surface area contributed by atoms with Crippen molar-refractivity contribution < 1.29 is 9.53 Å². The van der Waals surface area contributed by atoms with E-state index in [-0.39, 0.29) is 12.5 Å². The van der Waals surface area contributed by atoms with Crippen molar-refractivity contribution in [3.8, 4) is 11.5 Å². The van der Waals surface area contributed by atoms with E-state index in [1.165, 1.54) is 11.0 Å². The van der Waals surface area contributed by atoms with E-state index in [4.69, 9.17) is 4.74 Å². The van der Waals surface area contributed by atoms with Crippen molar-refractivity contribution >= 4 is 11.6 Å². The minimum absolute atomic E-state index is 0.0647. The summed E-state index contributed by atoms with van der Waals surface area (Å²) in [7, 11) is 0. The summed E-state index contributed by atoms with van der Waals surface area (Å²) in [6.07, 6.45) is 1.39. The van der Waals surface area contributed by atoms with Crippen LogP contribution in [-0.4, -0.2) is 26.1 Å². The summed E-state index contributed by atoms with van der Waals surface area (Å²) in [6, 6.07) is 16.6. The smallest absolute Gasteiger partial charge is 0.246 e. The van der Waals surface area contributed by atoms with Crippen LogP contribution < -0.4 is 10.1 Å². The Bertz CT molecular complexity index is 726. The first kappa shape index (κ1) is 13.7. The van der Waals surface area contributed by atoms with Gasteiger partial charge in [-0.15, -0.1) is 5.10 Å². The largest absolute Gasteiger partial charge is 0.457 e. The minimum atomic E-state index is -0.205. The molecule has 0 bridgehead atoms. The van der Waals surface area contributed by atoms with Gasteiger partial charge in [-0.25, -0.2) is 4.68 Å². The first-order chi connectivity index (χ1) is 10.8. The average Bonchev–Trinajstić information content (AvgIpc) is 3.03. The van der Waals surface area contributed by atoms with E-state index in [9.17, 15) is 4.79 Å². The Morgan fingerprint density at radius 3 is 2.45 bits per heavy atom. The molecule has 0 saturated carbocycles. The zero-order chi connectivity index (χ0) is 15.2. The Morgan fingerprint density at radius 2 is 1.77 bits per heavy atom. The molecule has 0 fully saturated rings. The van der Waals surface area contributed by atoms with Gasteiger partial charge in [-0.3, -0.25) is 4.79 Å². The second kappa shape index (κ2) is 6.49. The highest BCUT2D eigenvalue weighted by atomic mass is 16.5. The molecule has 110 valence electrons. The predicted octanol–water partition coefficient (Wildman–Crippen LogP) is 2.10.